The Labute approximate surface area is 101 Å². The van der Waals surface area contributed by atoms with Crippen LogP contribution in [0.5, 0.6) is 0 Å². The van der Waals surface area contributed by atoms with Gasteiger partial charge in [0.1, 0.15) is 5.92 Å². The molecule has 0 fully saturated rings. The molecule has 0 saturated heterocycles. The van der Waals surface area contributed by atoms with Gasteiger partial charge in [-0.2, -0.15) is 0 Å². The third-order valence-electron chi connectivity index (χ3n) is 2.50. The summed E-state index contributed by atoms with van der Waals surface area (Å²) in [5.74, 6) is -1.58. The summed E-state index contributed by atoms with van der Waals surface area (Å²) < 4.78 is 4.59. The molecule has 1 unspecified atom stereocenters. The number of carbonyl (C=O) groups is 2. The minimum absolute atomic E-state index is 0.329. The minimum atomic E-state index is -0.750. The van der Waals surface area contributed by atoms with Crippen LogP contribution in [-0.4, -0.2) is 19.0 Å². The van der Waals surface area contributed by atoms with E-state index in [9.17, 15) is 9.59 Å². The molecule has 1 N–H and O–H groups in total. The van der Waals surface area contributed by atoms with Crippen LogP contribution in [0, 0.1) is 12.8 Å². The van der Waals surface area contributed by atoms with Crippen LogP contribution in [0.3, 0.4) is 0 Å². The van der Waals surface area contributed by atoms with Gasteiger partial charge in [0.25, 0.3) is 0 Å². The highest BCUT2D eigenvalue weighted by atomic mass is 16.5. The number of benzene rings is 1. The highest BCUT2D eigenvalue weighted by Gasteiger charge is 2.25. The predicted octanol–water partition coefficient (Wildman–Crippen LogP) is 2.13. The first-order chi connectivity index (χ1) is 8.08. The van der Waals surface area contributed by atoms with Gasteiger partial charge in [-0.15, -0.1) is 0 Å². The standard InChI is InChI=1S/C13H17NO3/c1-4-11(13(16)17-3)12(15)14-10-7-5-6-9(2)8-10/h5-8,11H,4H2,1-3H3,(H,14,15). The number of anilines is 1. The summed E-state index contributed by atoms with van der Waals surface area (Å²) in [6.07, 6.45) is 0.421. The average molecular weight is 235 g/mol. The lowest BCUT2D eigenvalue weighted by atomic mass is 10.1. The van der Waals surface area contributed by atoms with Crippen molar-refractivity contribution in [1.82, 2.24) is 0 Å². The third-order valence-corrected chi connectivity index (χ3v) is 2.50. The number of amides is 1. The quantitative estimate of drug-likeness (QED) is 0.642. The van der Waals surface area contributed by atoms with Crippen LogP contribution in [0.15, 0.2) is 24.3 Å². The number of aryl methyl sites for hydroxylation is 1. The van der Waals surface area contributed by atoms with Crippen LogP contribution in [-0.2, 0) is 14.3 Å². The zero-order valence-electron chi connectivity index (χ0n) is 10.3. The lowest BCUT2D eigenvalue weighted by molar-refractivity contribution is -0.148. The van der Waals surface area contributed by atoms with E-state index in [1.165, 1.54) is 7.11 Å². The summed E-state index contributed by atoms with van der Waals surface area (Å²) in [6.45, 7) is 3.71. The first-order valence-electron chi connectivity index (χ1n) is 5.53. The zero-order valence-corrected chi connectivity index (χ0v) is 10.3. The largest absolute Gasteiger partial charge is 0.468 e. The Morgan fingerprint density at radius 1 is 1.41 bits per heavy atom. The van der Waals surface area contributed by atoms with Crippen LogP contribution in [0.2, 0.25) is 0 Å². The van der Waals surface area contributed by atoms with Crippen LogP contribution in [0.25, 0.3) is 0 Å². The van der Waals surface area contributed by atoms with Gasteiger partial charge in [-0.1, -0.05) is 19.1 Å². The second kappa shape index (κ2) is 6.03. The van der Waals surface area contributed by atoms with Crippen LogP contribution in [0.1, 0.15) is 18.9 Å². The van der Waals surface area contributed by atoms with Crippen molar-refractivity contribution >= 4 is 17.6 Å². The summed E-state index contributed by atoms with van der Waals surface area (Å²) in [7, 11) is 1.28. The van der Waals surface area contributed by atoms with Gasteiger partial charge in [-0.25, -0.2) is 0 Å². The Hall–Kier alpha value is -1.84. The number of hydrogen-bond donors (Lipinski definition) is 1. The zero-order chi connectivity index (χ0) is 12.8. The minimum Gasteiger partial charge on any atom is -0.468 e. The average Bonchev–Trinajstić information content (AvgIpc) is 2.29. The highest BCUT2D eigenvalue weighted by molar-refractivity contribution is 6.04. The maximum Gasteiger partial charge on any atom is 0.318 e. The van der Waals surface area contributed by atoms with Gasteiger partial charge < -0.3 is 10.1 Å². The van der Waals surface area contributed by atoms with Crippen molar-refractivity contribution in [2.45, 2.75) is 20.3 Å². The number of esters is 1. The monoisotopic (exact) mass is 235 g/mol. The van der Waals surface area contributed by atoms with E-state index in [0.29, 0.717) is 12.1 Å². The summed E-state index contributed by atoms with van der Waals surface area (Å²) in [6, 6.07) is 7.42. The Morgan fingerprint density at radius 3 is 2.65 bits per heavy atom. The molecular formula is C13H17NO3. The molecule has 1 aromatic rings. The van der Waals surface area contributed by atoms with E-state index in [0.717, 1.165) is 5.56 Å². The van der Waals surface area contributed by atoms with Gasteiger partial charge in [0, 0.05) is 5.69 Å². The maximum atomic E-state index is 11.8. The van der Waals surface area contributed by atoms with Crippen molar-refractivity contribution in [2.24, 2.45) is 5.92 Å². The van der Waals surface area contributed by atoms with Crippen molar-refractivity contribution in [3.63, 3.8) is 0 Å². The fraction of sp³-hybridized carbons (Fsp3) is 0.385. The molecule has 0 saturated carbocycles. The Kier molecular flexibility index (Phi) is 4.69. The Balaban J connectivity index is 2.74. The van der Waals surface area contributed by atoms with E-state index >= 15 is 0 Å². The SMILES string of the molecule is CCC(C(=O)Nc1cccc(C)c1)C(=O)OC. The van der Waals surface area contributed by atoms with Gasteiger partial charge in [0.2, 0.25) is 5.91 Å². The molecule has 0 bridgehead atoms. The normalized spacial score (nSPS) is 11.7. The van der Waals surface area contributed by atoms with E-state index in [2.05, 4.69) is 10.1 Å². The number of carbonyl (C=O) groups excluding carboxylic acids is 2. The van der Waals surface area contributed by atoms with E-state index in [-0.39, 0.29) is 5.91 Å². The molecule has 1 rings (SSSR count). The molecular weight excluding hydrogens is 218 g/mol. The number of methoxy groups -OCH3 is 1. The molecule has 1 atom stereocenters. The van der Waals surface area contributed by atoms with E-state index in [1.54, 1.807) is 13.0 Å². The number of rotatable bonds is 4. The summed E-state index contributed by atoms with van der Waals surface area (Å²) in [5.41, 5.74) is 1.74. The molecule has 17 heavy (non-hydrogen) atoms. The lowest BCUT2D eigenvalue weighted by Gasteiger charge is -2.12. The van der Waals surface area contributed by atoms with Crippen LogP contribution in [0.4, 0.5) is 5.69 Å². The molecule has 1 aromatic carbocycles. The first-order valence-corrected chi connectivity index (χ1v) is 5.53. The van der Waals surface area contributed by atoms with Crippen molar-refractivity contribution in [1.29, 1.82) is 0 Å². The number of ether oxygens (including phenoxy) is 1. The molecule has 0 aliphatic rings. The topological polar surface area (TPSA) is 55.4 Å². The second-order valence-electron chi connectivity index (χ2n) is 3.84. The smallest absolute Gasteiger partial charge is 0.318 e. The Bertz CT molecular complexity index is 415. The molecule has 0 aliphatic carbocycles. The highest BCUT2D eigenvalue weighted by Crippen LogP contribution is 2.13. The van der Waals surface area contributed by atoms with E-state index in [4.69, 9.17) is 0 Å². The third kappa shape index (κ3) is 3.59. The molecule has 1 amide bonds. The number of nitrogens with one attached hydrogen (secondary N) is 1. The van der Waals surface area contributed by atoms with Crippen molar-refractivity contribution in [2.75, 3.05) is 12.4 Å². The second-order valence-corrected chi connectivity index (χ2v) is 3.84. The summed E-state index contributed by atoms with van der Waals surface area (Å²) in [4.78, 5) is 23.2. The fourth-order valence-electron chi connectivity index (χ4n) is 1.55. The van der Waals surface area contributed by atoms with Gasteiger partial charge in [0.15, 0.2) is 0 Å². The summed E-state index contributed by atoms with van der Waals surface area (Å²) in [5, 5.41) is 2.71. The summed E-state index contributed by atoms with van der Waals surface area (Å²) >= 11 is 0. The molecule has 92 valence electrons. The molecule has 0 aromatic heterocycles. The van der Waals surface area contributed by atoms with Gasteiger partial charge in [-0.05, 0) is 31.0 Å². The molecule has 0 aliphatic heterocycles. The molecule has 0 heterocycles. The Morgan fingerprint density at radius 2 is 2.12 bits per heavy atom. The van der Waals surface area contributed by atoms with Crippen molar-refractivity contribution in [3.8, 4) is 0 Å². The van der Waals surface area contributed by atoms with Crippen LogP contribution >= 0.6 is 0 Å². The molecule has 0 spiro atoms. The predicted molar refractivity (Wildman–Crippen MR) is 65.6 cm³/mol. The van der Waals surface area contributed by atoms with Crippen molar-refractivity contribution in [3.05, 3.63) is 29.8 Å². The first kappa shape index (κ1) is 13.2. The molecule has 4 heteroatoms. The molecule has 0 radical (unpaired) electrons. The number of hydrogen-bond acceptors (Lipinski definition) is 3. The van der Waals surface area contributed by atoms with Crippen molar-refractivity contribution < 1.29 is 14.3 Å². The fourth-order valence-corrected chi connectivity index (χ4v) is 1.55. The van der Waals surface area contributed by atoms with Gasteiger partial charge >= 0.3 is 5.97 Å². The van der Waals surface area contributed by atoms with Gasteiger partial charge in [0.05, 0.1) is 7.11 Å². The molecule has 4 nitrogen and oxygen atoms in total. The maximum absolute atomic E-state index is 11.8. The van der Waals surface area contributed by atoms with E-state index < -0.39 is 11.9 Å². The van der Waals surface area contributed by atoms with Crippen LogP contribution < -0.4 is 5.32 Å². The van der Waals surface area contributed by atoms with Gasteiger partial charge in [-0.3, -0.25) is 9.59 Å². The lowest BCUT2D eigenvalue weighted by Crippen LogP contribution is -2.30. The van der Waals surface area contributed by atoms with E-state index in [1.807, 2.05) is 25.1 Å².